The molecule has 1 aromatic carbocycles. The van der Waals surface area contributed by atoms with Gasteiger partial charge in [-0.2, -0.15) is 0 Å². The first-order valence-corrected chi connectivity index (χ1v) is 10.2. The van der Waals surface area contributed by atoms with E-state index in [1.54, 1.807) is 12.1 Å². The molecule has 144 valence electrons. The zero-order valence-electron chi connectivity index (χ0n) is 15.3. The summed E-state index contributed by atoms with van der Waals surface area (Å²) in [7, 11) is 0. The summed E-state index contributed by atoms with van der Waals surface area (Å²) < 4.78 is 12.1. The summed E-state index contributed by atoms with van der Waals surface area (Å²) in [6.07, 6.45) is 1.30. The molecule has 0 saturated carbocycles. The van der Waals surface area contributed by atoms with Crippen LogP contribution in [-0.2, 0) is 17.8 Å². The Bertz CT molecular complexity index is 849. The fraction of sp³-hybridized carbons (Fsp3) is 0.400. The molecule has 2 heterocycles. The van der Waals surface area contributed by atoms with Crippen molar-refractivity contribution in [3.63, 3.8) is 0 Å². The standard InChI is InChI=1S/C20H22ClNO4S/c1-3-25-16-9-13-8-12(2)26-17(13)10-14(16)11-22-20(24)7-4-15(23)18-5-6-19(21)27-18/h5-6,9-10,12H,3-4,7-8,11H2,1-2H3,(H,22,24)/t12-/m1/s1. The van der Waals surface area contributed by atoms with Gasteiger partial charge in [0.1, 0.15) is 17.6 Å². The van der Waals surface area contributed by atoms with Crippen LogP contribution in [0.4, 0.5) is 0 Å². The molecule has 0 fully saturated rings. The number of nitrogens with one attached hydrogen (secondary N) is 1. The topological polar surface area (TPSA) is 64.6 Å². The van der Waals surface area contributed by atoms with Crippen LogP contribution in [-0.4, -0.2) is 24.4 Å². The third kappa shape index (κ3) is 5.02. The van der Waals surface area contributed by atoms with Gasteiger partial charge in [0.15, 0.2) is 5.78 Å². The second-order valence-corrected chi connectivity index (χ2v) is 8.15. The molecular weight excluding hydrogens is 386 g/mol. The van der Waals surface area contributed by atoms with Gasteiger partial charge in [-0.3, -0.25) is 9.59 Å². The number of ketones is 1. The van der Waals surface area contributed by atoms with E-state index in [0.29, 0.717) is 22.4 Å². The molecule has 7 heteroatoms. The zero-order chi connectivity index (χ0) is 19.4. The fourth-order valence-corrected chi connectivity index (χ4v) is 4.02. The van der Waals surface area contributed by atoms with E-state index in [-0.39, 0.29) is 30.6 Å². The molecule has 0 spiro atoms. The van der Waals surface area contributed by atoms with Crippen molar-refractivity contribution in [1.82, 2.24) is 5.32 Å². The molecule has 5 nitrogen and oxygen atoms in total. The smallest absolute Gasteiger partial charge is 0.220 e. The molecule has 0 aliphatic carbocycles. The highest BCUT2D eigenvalue weighted by atomic mass is 35.5. The minimum Gasteiger partial charge on any atom is -0.494 e. The predicted octanol–water partition coefficient (Wildman–Crippen LogP) is 4.40. The molecule has 0 saturated heterocycles. The summed E-state index contributed by atoms with van der Waals surface area (Å²) in [4.78, 5) is 24.8. The molecule has 1 atom stereocenters. The molecule has 1 aliphatic rings. The molecule has 1 aromatic heterocycles. The summed E-state index contributed by atoms with van der Waals surface area (Å²) in [6.45, 7) is 4.84. The minimum atomic E-state index is -0.178. The Morgan fingerprint density at radius 2 is 2.15 bits per heavy atom. The SMILES string of the molecule is CCOc1cc2c(cc1CNC(=O)CCC(=O)c1ccc(Cl)s1)O[C@H](C)C2. The van der Waals surface area contributed by atoms with Crippen molar-refractivity contribution in [3.05, 3.63) is 44.6 Å². The van der Waals surface area contributed by atoms with Crippen molar-refractivity contribution in [3.8, 4) is 11.5 Å². The van der Waals surface area contributed by atoms with Crippen molar-refractivity contribution in [1.29, 1.82) is 0 Å². The number of benzene rings is 1. The van der Waals surface area contributed by atoms with E-state index in [1.807, 2.05) is 26.0 Å². The summed E-state index contributed by atoms with van der Waals surface area (Å²) in [5, 5.41) is 2.86. The van der Waals surface area contributed by atoms with Crippen LogP contribution >= 0.6 is 22.9 Å². The number of hydrogen-bond donors (Lipinski definition) is 1. The van der Waals surface area contributed by atoms with Crippen LogP contribution in [0, 0.1) is 0 Å². The van der Waals surface area contributed by atoms with Crippen molar-refractivity contribution in [2.45, 2.75) is 45.8 Å². The van der Waals surface area contributed by atoms with Crippen LogP contribution in [0.15, 0.2) is 24.3 Å². The quantitative estimate of drug-likeness (QED) is 0.658. The Kier molecular flexibility index (Phi) is 6.39. The van der Waals surface area contributed by atoms with Crippen LogP contribution in [0.1, 0.15) is 47.5 Å². The second-order valence-electron chi connectivity index (χ2n) is 6.44. The van der Waals surface area contributed by atoms with Crippen molar-refractivity contribution < 1.29 is 19.1 Å². The average molecular weight is 408 g/mol. The molecule has 1 N–H and O–H groups in total. The zero-order valence-corrected chi connectivity index (χ0v) is 16.9. The van der Waals surface area contributed by atoms with E-state index >= 15 is 0 Å². The number of Topliss-reactive ketones (excluding diaryl/α,β-unsaturated/α-hetero) is 1. The van der Waals surface area contributed by atoms with Crippen molar-refractivity contribution >= 4 is 34.6 Å². The Morgan fingerprint density at radius 1 is 1.33 bits per heavy atom. The first-order valence-electron chi connectivity index (χ1n) is 8.96. The molecule has 0 unspecified atom stereocenters. The van der Waals surface area contributed by atoms with Gasteiger partial charge in [0, 0.05) is 36.9 Å². The molecule has 0 radical (unpaired) electrons. The Hall–Kier alpha value is -2.05. The van der Waals surface area contributed by atoms with E-state index in [0.717, 1.165) is 29.0 Å². The third-order valence-corrected chi connectivity index (χ3v) is 5.55. The molecule has 27 heavy (non-hydrogen) atoms. The Balaban J connectivity index is 1.56. The third-order valence-electron chi connectivity index (χ3n) is 4.28. The monoisotopic (exact) mass is 407 g/mol. The highest BCUT2D eigenvalue weighted by Gasteiger charge is 2.22. The van der Waals surface area contributed by atoms with Gasteiger partial charge < -0.3 is 14.8 Å². The van der Waals surface area contributed by atoms with Gasteiger partial charge in [-0.15, -0.1) is 11.3 Å². The summed E-state index contributed by atoms with van der Waals surface area (Å²) in [6, 6.07) is 7.30. The number of thiophene rings is 1. The Labute approximate surface area is 167 Å². The first kappa shape index (κ1) is 19.7. The molecule has 1 aliphatic heterocycles. The number of carbonyl (C=O) groups excluding carboxylic acids is 2. The predicted molar refractivity (Wildman–Crippen MR) is 106 cm³/mol. The number of ether oxygens (including phenoxy) is 2. The highest BCUT2D eigenvalue weighted by molar-refractivity contribution is 7.18. The molecule has 3 rings (SSSR count). The van der Waals surface area contributed by atoms with E-state index in [2.05, 4.69) is 5.32 Å². The number of carbonyl (C=O) groups is 2. The first-order chi connectivity index (χ1) is 13.0. The molecule has 0 bridgehead atoms. The van der Waals surface area contributed by atoms with Gasteiger partial charge in [0.05, 0.1) is 15.8 Å². The van der Waals surface area contributed by atoms with E-state index in [1.165, 1.54) is 11.3 Å². The van der Waals surface area contributed by atoms with Crippen LogP contribution in [0.3, 0.4) is 0 Å². The number of fused-ring (bicyclic) bond motifs is 1. The van der Waals surface area contributed by atoms with Gasteiger partial charge in [0.25, 0.3) is 0 Å². The van der Waals surface area contributed by atoms with E-state index in [9.17, 15) is 9.59 Å². The van der Waals surface area contributed by atoms with Crippen molar-refractivity contribution in [2.75, 3.05) is 6.61 Å². The molecule has 1 amide bonds. The number of amides is 1. The molecular formula is C20H22ClNO4S. The van der Waals surface area contributed by atoms with Crippen LogP contribution in [0.5, 0.6) is 11.5 Å². The van der Waals surface area contributed by atoms with Crippen LogP contribution in [0.25, 0.3) is 0 Å². The number of hydrogen-bond acceptors (Lipinski definition) is 5. The lowest BCUT2D eigenvalue weighted by atomic mass is 10.1. The lowest BCUT2D eigenvalue weighted by molar-refractivity contribution is -0.121. The van der Waals surface area contributed by atoms with Crippen LogP contribution < -0.4 is 14.8 Å². The Morgan fingerprint density at radius 3 is 2.85 bits per heavy atom. The van der Waals surface area contributed by atoms with E-state index in [4.69, 9.17) is 21.1 Å². The highest BCUT2D eigenvalue weighted by Crippen LogP contribution is 2.35. The van der Waals surface area contributed by atoms with Gasteiger partial charge in [-0.25, -0.2) is 0 Å². The van der Waals surface area contributed by atoms with Crippen LogP contribution in [0.2, 0.25) is 4.34 Å². The fourth-order valence-electron chi connectivity index (χ4n) is 3.01. The lowest BCUT2D eigenvalue weighted by Gasteiger charge is -2.13. The van der Waals surface area contributed by atoms with Gasteiger partial charge in [-0.1, -0.05) is 11.6 Å². The molecule has 2 aromatic rings. The van der Waals surface area contributed by atoms with Gasteiger partial charge in [0.2, 0.25) is 5.91 Å². The number of halogens is 1. The summed E-state index contributed by atoms with van der Waals surface area (Å²) >= 11 is 7.07. The summed E-state index contributed by atoms with van der Waals surface area (Å²) in [5.41, 5.74) is 2.00. The van der Waals surface area contributed by atoms with E-state index < -0.39 is 0 Å². The normalized spacial score (nSPS) is 15.1. The van der Waals surface area contributed by atoms with Gasteiger partial charge in [-0.05, 0) is 38.1 Å². The maximum atomic E-state index is 12.2. The summed E-state index contributed by atoms with van der Waals surface area (Å²) in [5.74, 6) is 1.36. The maximum absolute atomic E-state index is 12.2. The van der Waals surface area contributed by atoms with Crippen molar-refractivity contribution in [2.24, 2.45) is 0 Å². The number of rotatable bonds is 8. The largest absolute Gasteiger partial charge is 0.494 e. The maximum Gasteiger partial charge on any atom is 0.220 e. The lowest BCUT2D eigenvalue weighted by Crippen LogP contribution is -2.23. The second kappa shape index (κ2) is 8.76. The average Bonchev–Trinajstić information content (AvgIpc) is 3.22. The van der Waals surface area contributed by atoms with Gasteiger partial charge >= 0.3 is 0 Å². The minimum absolute atomic E-state index is 0.0722.